The van der Waals surface area contributed by atoms with Crippen molar-refractivity contribution >= 4 is 23.3 Å². The Morgan fingerprint density at radius 3 is 2.63 bits per heavy atom. The highest BCUT2D eigenvalue weighted by molar-refractivity contribution is 6.09. The molecule has 27 heavy (non-hydrogen) atoms. The van der Waals surface area contributed by atoms with Gasteiger partial charge < -0.3 is 15.4 Å². The van der Waals surface area contributed by atoms with Crippen molar-refractivity contribution in [3.05, 3.63) is 71.4 Å². The Balaban J connectivity index is 2.20. The molecule has 0 saturated carbocycles. The van der Waals surface area contributed by atoms with Crippen molar-refractivity contribution in [2.45, 2.75) is 6.92 Å². The summed E-state index contributed by atoms with van der Waals surface area (Å²) in [4.78, 5) is 24.2. The average molecular weight is 371 g/mol. The number of para-hydroxylation sites is 1. The van der Waals surface area contributed by atoms with Crippen molar-refractivity contribution in [2.24, 2.45) is 0 Å². The van der Waals surface area contributed by atoms with Crippen molar-refractivity contribution in [1.82, 2.24) is 0 Å². The summed E-state index contributed by atoms with van der Waals surface area (Å²) >= 11 is 0. The van der Waals surface area contributed by atoms with E-state index in [4.69, 9.17) is 10.00 Å². The average Bonchev–Trinajstić information content (AvgIpc) is 2.65. The van der Waals surface area contributed by atoms with Gasteiger partial charge in [-0.3, -0.25) is 4.79 Å². The van der Waals surface area contributed by atoms with Crippen LogP contribution < -0.4 is 10.6 Å². The predicted octanol–water partition coefficient (Wildman–Crippen LogP) is 3.60. The molecule has 0 aliphatic carbocycles. The standard InChI is InChI=1S/C19H15F2N3O3/c1-2-27-19(26)14-5-3-4-6-16(14)24-18(25)12(10-22)11-23-17-9-13(20)7-8-15(17)21/h3-9,11,23H,2H2,1H3,(H,24,25)/b12-11-. The molecule has 0 saturated heterocycles. The summed E-state index contributed by atoms with van der Waals surface area (Å²) in [5, 5.41) is 14.0. The molecule has 6 nitrogen and oxygen atoms in total. The number of nitrogens with one attached hydrogen (secondary N) is 2. The van der Waals surface area contributed by atoms with Crippen LogP contribution >= 0.6 is 0 Å². The van der Waals surface area contributed by atoms with Gasteiger partial charge >= 0.3 is 5.97 Å². The van der Waals surface area contributed by atoms with Gasteiger partial charge in [-0.15, -0.1) is 0 Å². The molecule has 2 aromatic rings. The van der Waals surface area contributed by atoms with Crippen LogP contribution in [-0.4, -0.2) is 18.5 Å². The van der Waals surface area contributed by atoms with Crippen molar-refractivity contribution in [1.29, 1.82) is 5.26 Å². The summed E-state index contributed by atoms with van der Waals surface area (Å²) in [5.41, 5.74) is -0.368. The van der Waals surface area contributed by atoms with Crippen LogP contribution in [0.2, 0.25) is 0 Å². The Morgan fingerprint density at radius 1 is 1.19 bits per heavy atom. The third kappa shape index (κ3) is 5.12. The zero-order chi connectivity index (χ0) is 19.8. The number of ether oxygens (including phenoxy) is 1. The Labute approximate surface area is 154 Å². The van der Waals surface area contributed by atoms with E-state index in [1.54, 1.807) is 25.1 Å². The van der Waals surface area contributed by atoms with Crippen LogP contribution in [0.3, 0.4) is 0 Å². The molecular weight excluding hydrogens is 356 g/mol. The number of carbonyl (C=O) groups is 2. The van der Waals surface area contributed by atoms with Gasteiger partial charge in [-0.05, 0) is 31.2 Å². The lowest BCUT2D eigenvalue weighted by molar-refractivity contribution is -0.112. The van der Waals surface area contributed by atoms with Crippen molar-refractivity contribution < 1.29 is 23.1 Å². The molecule has 0 aromatic heterocycles. The number of rotatable bonds is 6. The zero-order valence-corrected chi connectivity index (χ0v) is 14.3. The number of esters is 1. The lowest BCUT2D eigenvalue weighted by atomic mass is 10.1. The van der Waals surface area contributed by atoms with Crippen LogP contribution in [0.15, 0.2) is 54.2 Å². The van der Waals surface area contributed by atoms with Crippen LogP contribution in [0.5, 0.6) is 0 Å². The molecule has 0 bridgehead atoms. The highest BCUT2D eigenvalue weighted by Gasteiger charge is 2.16. The maximum absolute atomic E-state index is 13.6. The molecular formula is C19H15F2N3O3. The zero-order valence-electron chi connectivity index (χ0n) is 14.3. The first-order valence-corrected chi connectivity index (χ1v) is 7.85. The monoisotopic (exact) mass is 371 g/mol. The van der Waals surface area contributed by atoms with Gasteiger partial charge in [-0.25, -0.2) is 13.6 Å². The molecule has 0 spiro atoms. The van der Waals surface area contributed by atoms with E-state index in [1.165, 1.54) is 12.1 Å². The molecule has 0 unspecified atom stereocenters. The molecule has 0 aliphatic rings. The van der Waals surface area contributed by atoms with E-state index in [9.17, 15) is 18.4 Å². The van der Waals surface area contributed by atoms with E-state index >= 15 is 0 Å². The second-order valence-corrected chi connectivity index (χ2v) is 5.16. The predicted molar refractivity (Wildman–Crippen MR) is 94.7 cm³/mol. The van der Waals surface area contributed by atoms with E-state index in [0.29, 0.717) is 0 Å². The molecule has 0 heterocycles. The maximum atomic E-state index is 13.6. The highest BCUT2D eigenvalue weighted by Crippen LogP contribution is 2.18. The Hall–Kier alpha value is -3.73. The first-order valence-electron chi connectivity index (χ1n) is 7.85. The summed E-state index contributed by atoms with van der Waals surface area (Å²) in [6, 6.07) is 10.5. The number of hydrogen-bond acceptors (Lipinski definition) is 5. The Kier molecular flexibility index (Phi) is 6.61. The van der Waals surface area contributed by atoms with Gasteiger partial charge in [-0.1, -0.05) is 12.1 Å². The van der Waals surface area contributed by atoms with Crippen molar-refractivity contribution in [3.8, 4) is 6.07 Å². The van der Waals surface area contributed by atoms with Crippen LogP contribution in [0.4, 0.5) is 20.2 Å². The molecule has 2 rings (SSSR count). The molecule has 0 radical (unpaired) electrons. The minimum atomic E-state index is -0.835. The third-order valence-corrected chi connectivity index (χ3v) is 3.34. The van der Waals surface area contributed by atoms with Gasteiger partial charge in [0.05, 0.1) is 23.5 Å². The van der Waals surface area contributed by atoms with E-state index in [-0.39, 0.29) is 23.5 Å². The number of benzene rings is 2. The molecule has 2 N–H and O–H groups in total. The van der Waals surface area contributed by atoms with Gasteiger partial charge in [0.25, 0.3) is 5.91 Å². The Morgan fingerprint density at radius 2 is 1.93 bits per heavy atom. The molecule has 8 heteroatoms. The molecule has 2 aromatic carbocycles. The van der Waals surface area contributed by atoms with Crippen LogP contribution in [0.25, 0.3) is 0 Å². The fourth-order valence-corrected chi connectivity index (χ4v) is 2.08. The molecule has 0 fully saturated rings. The van der Waals surface area contributed by atoms with E-state index in [2.05, 4.69) is 10.6 Å². The topological polar surface area (TPSA) is 91.2 Å². The first kappa shape index (κ1) is 19.6. The van der Waals surface area contributed by atoms with Gasteiger partial charge in [0.15, 0.2) is 0 Å². The number of amides is 1. The van der Waals surface area contributed by atoms with Crippen LogP contribution in [0, 0.1) is 23.0 Å². The van der Waals surface area contributed by atoms with Crippen molar-refractivity contribution in [2.75, 3.05) is 17.2 Å². The number of halogens is 2. The number of carbonyl (C=O) groups excluding carboxylic acids is 2. The molecule has 0 aliphatic heterocycles. The smallest absolute Gasteiger partial charge is 0.340 e. The largest absolute Gasteiger partial charge is 0.462 e. The quantitative estimate of drug-likeness (QED) is 0.460. The minimum absolute atomic E-state index is 0.120. The van der Waals surface area contributed by atoms with Crippen LogP contribution in [-0.2, 0) is 9.53 Å². The summed E-state index contributed by atoms with van der Waals surface area (Å²) in [7, 11) is 0. The van der Waals surface area contributed by atoms with Gasteiger partial charge in [0, 0.05) is 12.3 Å². The molecule has 0 atom stereocenters. The summed E-state index contributed by atoms with van der Waals surface area (Å²) in [6.45, 7) is 1.81. The van der Waals surface area contributed by atoms with E-state index in [0.717, 1.165) is 24.4 Å². The summed E-state index contributed by atoms with van der Waals surface area (Å²) < 4.78 is 31.7. The SMILES string of the molecule is CCOC(=O)c1ccccc1NC(=O)/C(C#N)=C\Nc1cc(F)ccc1F. The molecule has 1 amide bonds. The van der Waals surface area contributed by atoms with Gasteiger partial charge in [0.2, 0.25) is 0 Å². The number of nitrogens with zero attached hydrogens (tertiary/aromatic N) is 1. The minimum Gasteiger partial charge on any atom is -0.462 e. The first-order chi connectivity index (χ1) is 13.0. The second-order valence-electron chi connectivity index (χ2n) is 5.16. The lowest BCUT2D eigenvalue weighted by Crippen LogP contribution is -2.17. The highest BCUT2D eigenvalue weighted by atomic mass is 19.1. The fourth-order valence-electron chi connectivity index (χ4n) is 2.08. The van der Waals surface area contributed by atoms with Gasteiger partial charge in [0.1, 0.15) is 23.3 Å². The Bertz CT molecular complexity index is 936. The van der Waals surface area contributed by atoms with Gasteiger partial charge in [-0.2, -0.15) is 5.26 Å². The van der Waals surface area contributed by atoms with Crippen LogP contribution in [0.1, 0.15) is 17.3 Å². The summed E-state index contributed by atoms with van der Waals surface area (Å²) in [5.74, 6) is -2.90. The maximum Gasteiger partial charge on any atom is 0.340 e. The van der Waals surface area contributed by atoms with E-state index in [1.807, 2.05) is 0 Å². The molecule has 138 valence electrons. The number of anilines is 2. The fraction of sp³-hybridized carbons (Fsp3) is 0.105. The third-order valence-electron chi connectivity index (χ3n) is 3.34. The normalized spacial score (nSPS) is 10.7. The summed E-state index contributed by atoms with van der Waals surface area (Å²) in [6.07, 6.45) is 0.945. The number of nitriles is 1. The van der Waals surface area contributed by atoms with Crippen molar-refractivity contribution in [3.63, 3.8) is 0 Å². The lowest BCUT2D eigenvalue weighted by Gasteiger charge is -2.10. The van der Waals surface area contributed by atoms with E-state index < -0.39 is 29.1 Å². The second kappa shape index (κ2) is 9.10. The number of hydrogen-bond donors (Lipinski definition) is 2.